The number of benzene rings is 1. The van der Waals surface area contributed by atoms with Crippen molar-refractivity contribution < 1.29 is 13.2 Å². The van der Waals surface area contributed by atoms with Gasteiger partial charge in [0.2, 0.25) is 0 Å². The van der Waals surface area contributed by atoms with E-state index in [0.29, 0.717) is 10.7 Å². The molecule has 1 atom stereocenters. The van der Waals surface area contributed by atoms with Gasteiger partial charge in [0.1, 0.15) is 5.84 Å². The van der Waals surface area contributed by atoms with Gasteiger partial charge >= 0.3 is 6.18 Å². The van der Waals surface area contributed by atoms with Crippen molar-refractivity contribution in [3.8, 4) is 0 Å². The summed E-state index contributed by atoms with van der Waals surface area (Å²) in [5.41, 5.74) is -0.618. The Morgan fingerprint density at radius 3 is 2.17 bits per heavy atom. The molecule has 6 aliphatic rings. The molecule has 0 radical (unpaired) electrons. The van der Waals surface area contributed by atoms with Crippen LogP contribution in [0.2, 0.25) is 0 Å². The second-order valence-electron chi connectivity index (χ2n) is 12.1. The van der Waals surface area contributed by atoms with Crippen molar-refractivity contribution in [3.05, 3.63) is 29.8 Å². The number of alkyl halides is 3. The summed E-state index contributed by atoms with van der Waals surface area (Å²) < 4.78 is 41.0. The quantitative estimate of drug-likeness (QED) is 0.414. The average Bonchev–Trinajstić information content (AvgIpc) is 2.97. The van der Waals surface area contributed by atoms with E-state index in [1.165, 1.54) is 31.4 Å². The molecule has 0 amide bonds. The highest BCUT2D eigenvalue weighted by Crippen LogP contribution is 2.58. The highest BCUT2D eigenvalue weighted by molar-refractivity contribution is 7.99. The molecule has 190 valence electrons. The zero-order valence-corrected chi connectivity index (χ0v) is 22.1. The number of nitrogens with zero attached hydrogens (tertiary/aromatic N) is 3. The van der Waals surface area contributed by atoms with E-state index < -0.39 is 17.2 Å². The van der Waals surface area contributed by atoms with Crippen molar-refractivity contribution in [2.45, 2.75) is 70.1 Å². The second-order valence-corrected chi connectivity index (χ2v) is 13.7. The molecule has 0 N–H and O–H groups in total. The van der Waals surface area contributed by atoms with Crippen LogP contribution in [0.4, 0.5) is 18.9 Å². The van der Waals surface area contributed by atoms with Crippen LogP contribution in [-0.4, -0.2) is 51.9 Å². The maximum absolute atomic E-state index is 13.7. The lowest BCUT2D eigenvalue weighted by atomic mass is 9.53. The Labute approximate surface area is 215 Å². The minimum absolute atomic E-state index is 0.0153. The van der Waals surface area contributed by atoms with Gasteiger partial charge in [-0.2, -0.15) is 24.9 Å². The Hall–Kier alpha value is -1.12. The first kappa shape index (κ1) is 24.2. The Morgan fingerprint density at radius 2 is 1.60 bits per heavy atom. The maximum Gasteiger partial charge on any atom is 0.416 e. The Balaban J connectivity index is 1.48. The molecule has 4 bridgehead atoms. The first-order chi connectivity index (χ1) is 16.6. The van der Waals surface area contributed by atoms with Gasteiger partial charge in [-0.25, -0.2) is 0 Å². The monoisotopic (exact) mass is 521 g/mol. The van der Waals surface area contributed by atoms with Crippen LogP contribution in [0.5, 0.6) is 0 Å². The SMILES string of the molecule is CC1(C)C(=S)N(c2cccc(C(F)(F)F)c2)C(=NC23CC4CC(CC(C4)C2)C3)[C@H]1N1CCSCC1. The molecule has 35 heavy (non-hydrogen) atoms. The largest absolute Gasteiger partial charge is 0.416 e. The summed E-state index contributed by atoms with van der Waals surface area (Å²) >= 11 is 8.02. The molecule has 0 unspecified atom stereocenters. The van der Waals surface area contributed by atoms with Crippen molar-refractivity contribution in [3.63, 3.8) is 0 Å². The van der Waals surface area contributed by atoms with Crippen LogP contribution in [0, 0.1) is 23.2 Å². The second kappa shape index (κ2) is 8.45. The topological polar surface area (TPSA) is 18.8 Å². The third-order valence-corrected chi connectivity index (χ3v) is 10.8. The lowest BCUT2D eigenvalue weighted by Gasteiger charge is -2.55. The minimum Gasteiger partial charge on any atom is -0.291 e. The summed E-state index contributed by atoms with van der Waals surface area (Å²) in [6, 6.07) is 5.65. The van der Waals surface area contributed by atoms with Gasteiger partial charge in [-0.1, -0.05) is 32.1 Å². The molecule has 4 aliphatic carbocycles. The fraction of sp³-hybridized carbons (Fsp3) is 0.704. The molecule has 3 nitrogen and oxygen atoms in total. The van der Waals surface area contributed by atoms with Crippen LogP contribution < -0.4 is 4.90 Å². The molecule has 6 fully saturated rings. The highest BCUT2D eigenvalue weighted by atomic mass is 32.2. The van der Waals surface area contributed by atoms with Crippen LogP contribution in [0.25, 0.3) is 0 Å². The van der Waals surface area contributed by atoms with E-state index in [2.05, 4.69) is 18.7 Å². The molecule has 8 heteroatoms. The summed E-state index contributed by atoms with van der Waals surface area (Å²) in [5.74, 6) is 5.27. The number of hydrogen-bond donors (Lipinski definition) is 0. The van der Waals surface area contributed by atoms with Crippen molar-refractivity contribution in [1.29, 1.82) is 0 Å². The van der Waals surface area contributed by atoms with Gasteiger partial charge in [0, 0.05) is 35.7 Å². The predicted molar refractivity (Wildman–Crippen MR) is 141 cm³/mol. The van der Waals surface area contributed by atoms with E-state index in [9.17, 15) is 13.2 Å². The van der Waals surface area contributed by atoms with E-state index in [4.69, 9.17) is 17.2 Å². The Morgan fingerprint density at radius 1 is 1.00 bits per heavy atom. The number of thiocarbonyl (C=S) groups is 1. The van der Waals surface area contributed by atoms with Crippen LogP contribution in [0.1, 0.15) is 57.9 Å². The molecular weight excluding hydrogens is 487 g/mol. The first-order valence-corrected chi connectivity index (χ1v) is 14.6. The molecule has 7 rings (SSSR count). The molecule has 4 saturated carbocycles. The molecular formula is C27H34F3N3S2. The van der Waals surface area contributed by atoms with E-state index >= 15 is 0 Å². The van der Waals surface area contributed by atoms with Crippen LogP contribution in [-0.2, 0) is 6.18 Å². The first-order valence-electron chi connectivity index (χ1n) is 13.0. The van der Waals surface area contributed by atoms with Crippen molar-refractivity contribution in [2.75, 3.05) is 29.5 Å². The fourth-order valence-corrected chi connectivity index (χ4v) is 9.28. The van der Waals surface area contributed by atoms with E-state index in [-0.39, 0.29) is 11.6 Å². The van der Waals surface area contributed by atoms with E-state index in [1.54, 1.807) is 6.07 Å². The number of amidine groups is 1. The zero-order valence-electron chi connectivity index (χ0n) is 20.5. The van der Waals surface area contributed by atoms with Crippen LogP contribution in [0.3, 0.4) is 0 Å². The molecule has 2 aliphatic heterocycles. The molecule has 2 saturated heterocycles. The molecule has 0 spiro atoms. The van der Waals surface area contributed by atoms with Crippen molar-refractivity contribution in [1.82, 2.24) is 4.90 Å². The standard InChI is InChI=1S/C27H34F3N3S2/c1-25(2)22(32-6-8-35-9-7-32)23(31-26-14-17-10-18(15-26)12-19(11-17)16-26)33(24(25)34)21-5-3-4-20(13-21)27(28,29)30/h3-5,13,17-19,22H,6-12,14-16H2,1-2H3/t17?,18?,19?,22-,26?/m1/s1. The molecule has 0 aromatic heterocycles. The summed E-state index contributed by atoms with van der Waals surface area (Å²) in [5, 5.41) is 0. The highest BCUT2D eigenvalue weighted by Gasteiger charge is 2.56. The molecule has 2 heterocycles. The number of anilines is 1. The van der Waals surface area contributed by atoms with Crippen LogP contribution in [0.15, 0.2) is 29.3 Å². The van der Waals surface area contributed by atoms with Crippen molar-refractivity contribution in [2.24, 2.45) is 28.2 Å². The molecule has 1 aromatic rings. The summed E-state index contributed by atoms with van der Waals surface area (Å²) in [6.07, 6.45) is 2.96. The normalized spacial score (nSPS) is 38.0. The predicted octanol–water partition coefficient (Wildman–Crippen LogP) is 6.66. The van der Waals surface area contributed by atoms with Gasteiger partial charge in [-0.15, -0.1) is 0 Å². The van der Waals surface area contributed by atoms with E-state index in [1.807, 2.05) is 16.7 Å². The van der Waals surface area contributed by atoms with Gasteiger partial charge in [-0.3, -0.25) is 14.8 Å². The number of rotatable bonds is 3. The number of aliphatic imine (C=N–C) groups is 1. The van der Waals surface area contributed by atoms with E-state index in [0.717, 1.165) is 73.5 Å². The minimum atomic E-state index is -4.40. The zero-order chi connectivity index (χ0) is 24.6. The van der Waals surface area contributed by atoms with Gasteiger partial charge in [0.05, 0.1) is 22.1 Å². The lowest BCUT2D eigenvalue weighted by Crippen LogP contribution is -2.54. The smallest absolute Gasteiger partial charge is 0.291 e. The maximum atomic E-state index is 13.7. The summed E-state index contributed by atoms with van der Waals surface area (Å²) in [6.45, 7) is 6.23. The third-order valence-electron chi connectivity index (χ3n) is 9.11. The van der Waals surface area contributed by atoms with Gasteiger partial charge in [-0.05, 0) is 74.5 Å². The lowest BCUT2D eigenvalue weighted by molar-refractivity contribution is -0.137. The number of hydrogen-bond acceptors (Lipinski definition) is 4. The number of halogens is 3. The number of thioether (sulfide) groups is 1. The fourth-order valence-electron chi connectivity index (χ4n) is 8.04. The van der Waals surface area contributed by atoms with Crippen LogP contribution >= 0.6 is 24.0 Å². The van der Waals surface area contributed by atoms with Gasteiger partial charge in [0.15, 0.2) is 0 Å². The average molecular weight is 522 g/mol. The van der Waals surface area contributed by atoms with Crippen molar-refractivity contribution >= 4 is 40.5 Å². The molecule has 1 aromatic carbocycles. The Bertz CT molecular complexity index is 1010. The van der Waals surface area contributed by atoms with Gasteiger partial charge in [0.25, 0.3) is 0 Å². The summed E-state index contributed by atoms with van der Waals surface area (Å²) in [7, 11) is 0. The summed E-state index contributed by atoms with van der Waals surface area (Å²) in [4.78, 5) is 10.8. The van der Waals surface area contributed by atoms with Gasteiger partial charge < -0.3 is 0 Å². The Kier molecular flexibility index (Phi) is 5.85. The third kappa shape index (κ3) is 4.15.